The Kier molecular flexibility index (Phi) is 4.92. The van der Waals surface area contributed by atoms with Gasteiger partial charge in [0.1, 0.15) is 0 Å². The zero-order valence-corrected chi connectivity index (χ0v) is 9.26. The Morgan fingerprint density at radius 3 is 2.36 bits per heavy atom. The Hall–Kier alpha value is -1.31. The van der Waals surface area contributed by atoms with Gasteiger partial charge in [-0.25, -0.2) is 0 Å². The molecule has 0 radical (unpaired) electrons. The molecule has 0 aromatic heterocycles. The van der Waals surface area contributed by atoms with E-state index >= 15 is 0 Å². The van der Waals surface area contributed by atoms with Gasteiger partial charge in [-0.05, 0) is 20.3 Å². The Balaban J connectivity index is 4.55. The average molecular weight is 193 g/mol. The van der Waals surface area contributed by atoms with Crippen molar-refractivity contribution in [3.05, 3.63) is 37.0 Å². The second kappa shape index (κ2) is 5.43. The minimum atomic E-state index is -0.180. The summed E-state index contributed by atoms with van der Waals surface area (Å²) in [7, 11) is 0. The largest absolute Gasteiger partial charge is 0.347 e. The summed E-state index contributed by atoms with van der Waals surface area (Å²) in [5.74, 6) is -0.105. The molecule has 0 aromatic rings. The van der Waals surface area contributed by atoms with Gasteiger partial charge in [0.05, 0.1) is 0 Å². The summed E-state index contributed by atoms with van der Waals surface area (Å²) >= 11 is 0. The number of allylic oxidation sites excluding steroid dienone is 2. The molecule has 2 heteroatoms. The van der Waals surface area contributed by atoms with Crippen LogP contribution in [0.2, 0.25) is 0 Å². The van der Waals surface area contributed by atoms with Crippen molar-refractivity contribution in [2.45, 2.75) is 32.7 Å². The van der Waals surface area contributed by atoms with Gasteiger partial charge in [0, 0.05) is 11.1 Å². The normalized spacial score (nSPS) is 12.1. The van der Waals surface area contributed by atoms with Gasteiger partial charge < -0.3 is 5.32 Å². The van der Waals surface area contributed by atoms with Crippen molar-refractivity contribution in [3.63, 3.8) is 0 Å². The highest BCUT2D eigenvalue weighted by molar-refractivity contribution is 5.96. The van der Waals surface area contributed by atoms with E-state index < -0.39 is 0 Å². The molecule has 0 aliphatic heterocycles. The minimum absolute atomic E-state index is 0.105. The molecular weight excluding hydrogens is 174 g/mol. The van der Waals surface area contributed by atoms with Crippen LogP contribution in [0.1, 0.15) is 27.2 Å². The number of carbonyl (C=O) groups excluding carboxylic acids is 1. The van der Waals surface area contributed by atoms with E-state index in [1.165, 1.54) is 6.08 Å². The molecule has 0 fully saturated rings. The van der Waals surface area contributed by atoms with Gasteiger partial charge in [0.2, 0.25) is 0 Å². The van der Waals surface area contributed by atoms with E-state index in [1.807, 2.05) is 20.8 Å². The first-order valence-electron chi connectivity index (χ1n) is 4.74. The SMILES string of the molecule is C=C/C=C(\C=C)C(=O)NC(C)(C)CC. The zero-order chi connectivity index (χ0) is 11.2. The Morgan fingerprint density at radius 1 is 1.43 bits per heavy atom. The van der Waals surface area contributed by atoms with Gasteiger partial charge in [0.25, 0.3) is 5.91 Å². The second-order valence-corrected chi connectivity index (χ2v) is 3.75. The fourth-order valence-electron chi connectivity index (χ4n) is 0.831. The van der Waals surface area contributed by atoms with Crippen LogP contribution in [-0.4, -0.2) is 11.4 Å². The summed E-state index contributed by atoms with van der Waals surface area (Å²) in [6.45, 7) is 13.1. The van der Waals surface area contributed by atoms with Crippen LogP contribution < -0.4 is 5.32 Å². The van der Waals surface area contributed by atoms with Crippen molar-refractivity contribution in [2.24, 2.45) is 0 Å². The molecular formula is C12H19NO. The van der Waals surface area contributed by atoms with Crippen LogP contribution in [0.3, 0.4) is 0 Å². The summed E-state index contributed by atoms with van der Waals surface area (Å²) in [6.07, 6.45) is 5.64. The van der Waals surface area contributed by atoms with Crippen molar-refractivity contribution in [1.82, 2.24) is 5.32 Å². The molecule has 0 aliphatic carbocycles. The van der Waals surface area contributed by atoms with Gasteiger partial charge in [-0.2, -0.15) is 0 Å². The summed E-state index contributed by atoms with van der Waals surface area (Å²) in [4.78, 5) is 11.6. The Labute approximate surface area is 86.4 Å². The van der Waals surface area contributed by atoms with Crippen molar-refractivity contribution in [3.8, 4) is 0 Å². The van der Waals surface area contributed by atoms with Gasteiger partial charge in [-0.1, -0.05) is 38.3 Å². The summed E-state index contributed by atoms with van der Waals surface area (Å²) < 4.78 is 0. The smallest absolute Gasteiger partial charge is 0.251 e. The van der Waals surface area contributed by atoms with Crippen LogP contribution in [0.25, 0.3) is 0 Å². The molecule has 0 aromatic carbocycles. The van der Waals surface area contributed by atoms with Crippen LogP contribution in [0.15, 0.2) is 37.0 Å². The van der Waals surface area contributed by atoms with Crippen molar-refractivity contribution < 1.29 is 4.79 Å². The predicted octanol–water partition coefficient (Wildman–Crippen LogP) is 2.59. The number of rotatable bonds is 5. The second-order valence-electron chi connectivity index (χ2n) is 3.75. The monoisotopic (exact) mass is 193 g/mol. The van der Waals surface area contributed by atoms with E-state index in [0.717, 1.165) is 6.42 Å². The third-order valence-electron chi connectivity index (χ3n) is 2.12. The topological polar surface area (TPSA) is 29.1 Å². The van der Waals surface area contributed by atoms with E-state index in [4.69, 9.17) is 0 Å². The fraction of sp³-hybridized carbons (Fsp3) is 0.417. The maximum atomic E-state index is 11.6. The molecule has 0 saturated heterocycles. The lowest BCUT2D eigenvalue weighted by Gasteiger charge is -2.24. The number of carbonyl (C=O) groups is 1. The molecule has 2 nitrogen and oxygen atoms in total. The lowest BCUT2D eigenvalue weighted by atomic mass is 10.0. The molecule has 0 saturated carbocycles. The molecule has 78 valence electrons. The van der Waals surface area contributed by atoms with E-state index in [2.05, 4.69) is 18.5 Å². The molecule has 0 heterocycles. The molecule has 0 rings (SSSR count). The minimum Gasteiger partial charge on any atom is -0.347 e. The van der Waals surface area contributed by atoms with Crippen LogP contribution in [0, 0.1) is 0 Å². The molecule has 0 atom stereocenters. The maximum absolute atomic E-state index is 11.6. The first-order chi connectivity index (χ1) is 6.46. The number of amides is 1. The average Bonchev–Trinajstić information content (AvgIpc) is 2.13. The highest BCUT2D eigenvalue weighted by atomic mass is 16.1. The number of nitrogens with one attached hydrogen (secondary N) is 1. The van der Waals surface area contributed by atoms with Crippen LogP contribution in [-0.2, 0) is 4.79 Å². The van der Waals surface area contributed by atoms with Gasteiger partial charge in [-0.15, -0.1) is 0 Å². The molecule has 0 bridgehead atoms. The van der Waals surface area contributed by atoms with E-state index in [1.54, 1.807) is 12.2 Å². The quantitative estimate of drug-likeness (QED) is 0.527. The van der Waals surface area contributed by atoms with Crippen LogP contribution in [0.5, 0.6) is 0 Å². The van der Waals surface area contributed by atoms with Gasteiger partial charge in [-0.3, -0.25) is 4.79 Å². The lowest BCUT2D eigenvalue weighted by Crippen LogP contribution is -2.43. The summed E-state index contributed by atoms with van der Waals surface area (Å²) in [5, 5.41) is 2.92. The highest BCUT2D eigenvalue weighted by Gasteiger charge is 2.18. The molecule has 1 amide bonds. The molecule has 1 N–H and O–H groups in total. The molecule has 0 aliphatic rings. The zero-order valence-electron chi connectivity index (χ0n) is 9.26. The maximum Gasteiger partial charge on any atom is 0.251 e. The van der Waals surface area contributed by atoms with Crippen LogP contribution >= 0.6 is 0 Å². The summed E-state index contributed by atoms with van der Waals surface area (Å²) in [5.41, 5.74) is 0.363. The fourth-order valence-corrected chi connectivity index (χ4v) is 0.831. The van der Waals surface area contributed by atoms with Gasteiger partial charge >= 0.3 is 0 Å². The van der Waals surface area contributed by atoms with Crippen LogP contribution in [0.4, 0.5) is 0 Å². The Bertz CT molecular complexity index is 261. The number of hydrogen-bond donors (Lipinski definition) is 1. The first-order valence-corrected chi connectivity index (χ1v) is 4.74. The van der Waals surface area contributed by atoms with E-state index in [9.17, 15) is 4.79 Å². The van der Waals surface area contributed by atoms with E-state index in [0.29, 0.717) is 5.57 Å². The molecule has 0 spiro atoms. The van der Waals surface area contributed by atoms with E-state index in [-0.39, 0.29) is 11.4 Å². The van der Waals surface area contributed by atoms with Crippen molar-refractivity contribution in [1.29, 1.82) is 0 Å². The summed E-state index contributed by atoms with van der Waals surface area (Å²) in [6, 6.07) is 0. The predicted molar refractivity (Wildman–Crippen MR) is 61.0 cm³/mol. The molecule has 14 heavy (non-hydrogen) atoms. The highest BCUT2D eigenvalue weighted by Crippen LogP contribution is 2.08. The first kappa shape index (κ1) is 12.7. The third kappa shape index (κ3) is 4.08. The molecule has 0 unspecified atom stereocenters. The van der Waals surface area contributed by atoms with Gasteiger partial charge in [0.15, 0.2) is 0 Å². The third-order valence-corrected chi connectivity index (χ3v) is 2.12. The van der Waals surface area contributed by atoms with Crippen molar-refractivity contribution >= 4 is 5.91 Å². The number of hydrogen-bond acceptors (Lipinski definition) is 1. The lowest BCUT2D eigenvalue weighted by molar-refractivity contribution is -0.118. The Morgan fingerprint density at radius 2 is 2.00 bits per heavy atom. The van der Waals surface area contributed by atoms with Crippen molar-refractivity contribution in [2.75, 3.05) is 0 Å². The standard InChI is InChI=1S/C12H19NO/c1-6-9-10(7-2)11(14)13-12(4,5)8-3/h6-7,9H,1-2,8H2,3-5H3,(H,13,14)/b10-9+.